The van der Waals surface area contributed by atoms with Crippen LogP contribution in [-0.4, -0.2) is 29.3 Å². The monoisotopic (exact) mass is 256 g/mol. The Hall–Kier alpha value is -0.910. The van der Waals surface area contributed by atoms with Crippen molar-refractivity contribution in [2.24, 2.45) is 0 Å². The van der Waals surface area contributed by atoms with Crippen molar-refractivity contribution in [3.8, 4) is 11.5 Å². The van der Waals surface area contributed by atoms with Crippen LogP contribution in [-0.2, 0) is 0 Å². The fourth-order valence-electron chi connectivity index (χ4n) is 1.42. The summed E-state index contributed by atoms with van der Waals surface area (Å²) in [5, 5.41) is 25.7. The van der Waals surface area contributed by atoms with Crippen LogP contribution in [0, 0.1) is 6.92 Å². The third-order valence-electron chi connectivity index (χ3n) is 2.29. The molecule has 0 amide bonds. The number of aryl methyl sites for hydroxylation is 1. The van der Waals surface area contributed by atoms with Crippen LogP contribution in [0.5, 0.6) is 11.5 Å². The number of nitrogens with one attached hydrogen (secondary N) is 2. The molecule has 0 radical (unpaired) electrons. The van der Waals surface area contributed by atoms with Crippen LogP contribution in [0.4, 0.5) is 0 Å². The first kappa shape index (κ1) is 14.2. The Balaban J connectivity index is 2.78. The summed E-state index contributed by atoms with van der Waals surface area (Å²) in [5.74, 6) is -0.128. The van der Waals surface area contributed by atoms with E-state index in [4.69, 9.17) is 0 Å². The van der Waals surface area contributed by atoms with Crippen LogP contribution < -0.4 is 10.6 Å². The van der Waals surface area contributed by atoms with E-state index in [1.165, 1.54) is 11.8 Å². The SMILES string of the molecule is CCCNC(NC)Sc1cc(C)cc(O)c1O. The van der Waals surface area contributed by atoms with Crippen molar-refractivity contribution in [2.75, 3.05) is 13.6 Å². The largest absolute Gasteiger partial charge is 0.504 e. The van der Waals surface area contributed by atoms with E-state index in [-0.39, 0.29) is 17.0 Å². The predicted octanol–water partition coefficient (Wildman–Crippen LogP) is 2.00. The van der Waals surface area contributed by atoms with E-state index in [1.54, 1.807) is 6.07 Å². The van der Waals surface area contributed by atoms with Crippen LogP contribution >= 0.6 is 11.8 Å². The van der Waals surface area contributed by atoms with Gasteiger partial charge in [-0.05, 0) is 44.6 Å². The van der Waals surface area contributed by atoms with Gasteiger partial charge in [-0.1, -0.05) is 18.7 Å². The first-order valence-corrected chi connectivity index (χ1v) is 6.56. The topological polar surface area (TPSA) is 64.5 Å². The molecule has 0 saturated carbocycles. The van der Waals surface area contributed by atoms with Crippen molar-refractivity contribution in [1.29, 1.82) is 0 Å². The molecule has 5 heteroatoms. The van der Waals surface area contributed by atoms with Gasteiger partial charge in [0.2, 0.25) is 0 Å². The molecule has 1 aromatic rings. The van der Waals surface area contributed by atoms with Crippen molar-refractivity contribution in [3.05, 3.63) is 17.7 Å². The van der Waals surface area contributed by atoms with Crippen LogP contribution in [0.25, 0.3) is 0 Å². The molecule has 0 fully saturated rings. The second-order valence-corrected chi connectivity index (χ2v) is 5.02. The smallest absolute Gasteiger partial charge is 0.171 e. The van der Waals surface area contributed by atoms with Gasteiger partial charge in [-0.2, -0.15) is 0 Å². The van der Waals surface area contributed by atoms with Crippen LogP contribution in [0.2, 0.25) is 0 Å². The quantitative estimate of drug-likeness (QED) is 0.356. The third-order valence-corrected chi connectivity index (χ3v) is 3.49. The Morgan fingerprint density at radius 3 is 2.65 bits per heavy atom. The van der Waals surface area contributed by atoms with Gasteiger partial charge in [0, 0.05) is 0 Å². The van der Waals surface area contributed by atoms with Crippen molar-refractivity contribution in [2.45, 2.75) is 30.7 Å². The molecule has 4 N–H and O–H groups in total. The molecule has 1 unspecified atom stereocenters. The molecule has 0 aliphatic rings. The van der Waals surface area contributed by atoms with E-state index in [1.807, 2.05) is 20.0 Å². The Kier molecular flexibility index (Phi) is 5.61. The van der Waals surface area contributed by atoms with E-state index in [9.17, 15) is 10.2 Å². The van der Waals surface area contributed by atoms with Gasteiger partial charge in [0.1, 0.15) is 5.50 Å². The lowest BCUT2D eigenvalue weighted by molar-refractivity contribution is 0.394. The summed E-state index contributed by atoms with van der Waals surface area (Å²) < 4.78 is 0. The predicted molar refractivity (Wildman–Crippen MR) is 71.5 cm³/mol. The molecule has 1 aromatic carbocycles. The minimum absolute atomic E-state index is 0.0158. The number of thioether (sulfide) groups is 1. The number of hydrogen-bond donors (Lipinski definition) is 4. The lowest BCUT2D eigenvalue weighted by Crippen LogP contribution is -2.37. The van der Waals surface area contributed by atoms with Gasteiger partial charge < -0.3 is 10.2 Å². The summed E-state index contributed by atoms with van der Waals surface area (Å²) >= 11 is 1.45. The number of benzene rings is 1. The third kappa shape index (κ3) is 4.11. The molecule has 17 heavy (non-hydrogen) atoms. The van der Waals surface area contributed by atoms with E-state index < -0.39 is 0 Å². The van der Waals surface area contributed by atoms with Gasteiger partial charge in [0.25, 0.3) is 0 Å². The van der Waals surface area contributed by atoms with Crippen LogP contribution in [0.15, 0.2) is 17.0 Å². The van der Waals surface area contributed by atoms with Crippen LogP contribution in [0.1, 0.15) is 18.9 Å². The maximum Gasteiger partial charge on any atom is 0.171 e. The highest BCUT2D eigenvalue weighted by Crippen LogP contribution is 2.37. The summed E-state index contributed by atoms with van der Waals surface area (Å²) in [6.07, 6.45) is 1.05. The van der Waals surface area contributed by atoms with Crippen molar-refractivity contribution in [3.63, 3.8) is 0 Å². The maximum atomic E-state index is 9.77. The molecule has 0 aliphatic carbocycles. The van der Waals surface area contributed by atoms with Gasteiger partial charge in [-0.25, -0.2) is 0 Å². The Labute approximate surface area is 106 Å². The second-order valence-electron chi connectivity index (χ2n) is 3.87. The van der Waals surface area contributed by atoms with Gasteiger partial charge in [0.05, 0.1) is 4.90 Å². The fourth-order valence-corrected chi connectivity index (χ4v) is 2.47. The number of hydrogen-bond acceptors (Lipinski definition) is 5. The number of phenols is 2. The Morgan fingerprint density at radius 1 is 1.35 bits per heavy atom. The lowest BCUT2D eigenvalue weighted by Gasteiger charge is -2.18. The minimum Gasteiger partial charge on any atom is -0.504 e. The highest BCUT2D eigenvalue weighted by Gasteiger charge is 2.13. The first-order valence-electron chi connectivity index (χ1n) is 5.68. The van der Waals surface area contributed by atoms with Gasteiger partial charge >= 0.3 is 0 Å². The Morgan fingerprint density at radius 2 is 2.06 bits per heavy atom. The average Bonchev–Trinajstić information content (AvgIpc) is 2.30. The molecule has 0 heterocycles. The van der Waals surface area contributed by atoms with Crippen LogP contribution in [0.3, 0.4) is 0 Å². The van der Waals surface area contributed by atoms with Crippen molar-refractivity contribution >= 4 is 11.8 Å². The molecule has 4 nitrogen and oxygen atoms in total. The zero-order valence-electron chi connectivity index (χ0n) is 10.4. The van der Waals surface area contributed by atoms with E-state index in [2.05, 4.69) is 17.6 Å². The summed E-state index contributed by atoms with van der Waals surface area (Å²) in [7, 11) is 1.85. The average molecular weight is 256 g/mol. The number of aromatic hydroxyl groups is 2. The number of rotatable bonds is 6. The highest BCUT2D eigenvalue weighted by molar-refractivity contribution is 8.00. The molecular weight excluding hydrogens is 236 g/mol. The molecule has 96 valence electrons. The zero-order valence-corrected chi connectivity index (χ0v) is 11.3. The van der Waals surface area contributed by atoms with E-state index in [0.717, 1.165) is 18.5 Å². The summed E-state index contributed by atoms with van der Waals surface area (Å²) in [5.41, 5.74) is 0.940. The summed E-state index contributed by atoms with van der Waals surface area (Å²) in [4.78, 5) is 0.672. The summed E-state index contributed by atoms with van der Waals surface area (Å²) in [6, 6.07) is 3.41. The minimum atomic E-state index is -0.0714. The Bertz CT molecular complexity index is 372. The molecule has 0 aliphatic heterocycles. The number of phenolic OH excluding ortho intramolecular Hbond substituents is 2. The summed E-state index contributed by atoms with van der Waals surface area (Å²) in [6.45, 7) is 4.88. The van der Waals surface area contributed by atoms with Crippen molar-refractivity contribution < 1.29 is 10.2 Å². The van der Waals surface area contributed by atoms with Gasteiger partial charge in [0.15, 0.2) is 11.5 Å². The highest BCUT2D eigenvalue weighted by atomic mass is 32.2. The normalized spacial score (nSPS) is 12.6. The fraction of sp³-hybridized carbons (Fsp3) is 0.500. The molecular formula is C12H20N2O2S. The molecule has 0 bridgehead atoms. The molecule has 0 spiro atoms. The van der Waals surface area contributed by atoms with E-state index >= 15 is 0 Å². The first-order chi connectivity index (χ1) is 8.08. The van der Waals surface area contributed by atoms with Gasteiger partial charge in [-0.3, -0.25) is 10.6 Å². The van der Waals surface area contributed by atoms with E-state index in [0.29, 0.717) is 4.90 Å². The molecule has 0 aromatic heterocycles. The second kappa shape index (κ2) is 6.74. The zero-order chi connectivity index (χ0) is 12.8. The van der Waals surface area contributed by atoms with Gasteiger partial charge in [-0.15, -0.1) is 0 Å². The van der Waals surface area contributed by atoms with Crippen molar-refractivity contribution in [1.82, 2.24) is 10.6 Å². The maximum absolute atomic E-state index is 9.77. The standard InChI is InChI=1S/C12H20N2O2S/c1-4-5-14-12(13-3)17-10-7-8(2)6-9(15)11(10)16/h6-7,12-16H,4-5H2,1-3H3. The molecule has 1 atom stereocenters. The lowest BCUT2D eigenvalue weighted by atomic mass is 10.2. The molecule has 1 rings (SSSR count). The molecule has 0 saturated heterocycles.